The molecule has 1 atom stereocenters. The van der Waals surface area contributed by atoms with E-state index >= 15 is 0 Å². The molecule has 3 rings (SSSR count). The lowest BCUT2D eigenvalue weighted by Crippen LogP contribution is -2.45. The first kappa shape index (κ1) is 23.9. The van der Waals surface area contributed by atoms with Crippen molar-refractivity contribution in [2.75, 3.05) is 32.9 Å². The number of thioether (sulfide) groups is 1. The fourth-order valence-corrected chi connectivity index (χ4v) is 5.08. The van der Waals surface area contributed by atoms with E-state index in [1.54, 1.807) is 18.8 Å². The molecule has 1 aliphatic carbocycles. The van der Waals surface area contributed by atoms with Crippen LogP contribution in [0.2, 0.25) is 0 Å². The predicted molar refractivity (Wildman–Crippen MR) is 126 cm³/mol. The van der Waals surface area contributed by atoms with Crippen LogP contribution < -0.4 is 10.6 Å². The number of rotatable bonds is 9. The number of nitrogens with one attached hydrogen (secondary N) is 2. The van der Waals surface area contributed by atoms with Crippen LogP contribution in [0.1, 0.15) is 58.2 Å². The van der Waals surface area contributed by atoms with Gasteiger partial charge in [0.1, 0.15) is 5.82 Å². The Morgan fingerprint density at radius 1 is 1.26 bits per heavy atom. The summed E-state index contributed by atoms with van der Waals surface area (Å²) in [5, 5.41) is 16.6. The van der Waals surface area contributed by atoms with Crippen molar-refractivity contribution in [1.82, 2.24) is 30.3 Å². The Bertz CT molecular complexity index is 742. The Balaban J connectivity index is 1.40. The van der Waals surface area contributed by atoms with Gasteiger partial charge in [0.25, 0.3) is 0 Å². The van der Waals surface area contributed by atoms with Crippen molar-refractivity contribution < 1.29 is 4.79 Å². The van der Waals surface area contributed by atoms with Gasteiger partial charge in [-0.05, 0) is 37.9 Å². The number of aryl methyl sites for hydroxylation is 1. The molecule has 0 radical (unpaired) electrons. The highest BCUT2D eigenvalue weighted by atomic mass is 32.2. The van der Waals surface area contributed by atoms with Gasteiger partial charge in [-0.15, -0.1) is 10.2 Å². The molecule has 1 amide bonds. The lowest BCUT2D eigenvalue weighted by molar-refractivity contribution is -0.134. The quantitative estimate of drug-likeness (QED) is 0.261. The number of nitrogens with zero attached hydrogens (tertiary/aromatic N) is 5. The van der Waals surface area contributed by atoms with Gasteiger partial charge < -0.3 is 20.1 Å². The maximum absolute atomic E-state index is 12.6. The lowest BCUT2D eigenvalue weighted by Gasteiger charge is -2.21. The van der Waals surface area contributed by atoms with E-state index in [2.05, 4.69) is 44.2 Å². The molecule has 0 bridgehead atoms. The highest BCUT2D eigenvalue weighted by molar-refractivity contribution is 7.98. The second-order valence-corrected chi connectivity index (χ2v) is 9.88. The van der Waals surface area contributed by atoms with Crippen molar-refractivity contribution in [2.45, 2.75) is 76.5 Å². The van der Waals surface area contributed by atoms with Gasteiger partial charge in [-0.25, -0.2) is 0 Å². The molecule has 8 nitrogen and oxygen atoms in total. The average molecular weight is 450 g/mol. The zero-order valence-electron chi connectivity index (χ0n) is 19.6. The third-order valence-corrected chi connectivity index (χ3v) is 6.83. The summed E-state index contributed by atoms with van der Waals surface area (Å²) in [7, 11) is 1.80. The summed E-state index contributed by atoms with van der Waals surface area (Å²) in [5.74, 6) is 3.06. The molecular formula is C22H39N7OS. The van der Waals surface area contributed by atoms with Crippen LogP contribution in [0.5, 0.6) is 0 Å². The van der Waals surface area contributed by atoms with Gasteiger partial charge in [0.15, 0.2) is 11.1 Å². The molecule has 2 N–H and O–H groups in total. The smallest absolute Gasteiger partial charge is 0.225 e. The van der Waals surface area contributed by atoms with Crippen LogP contribution in [0.25, 0.3) is 0 Å². The molecule has 1 unspecified atom stereocenters. The van der Waals surface area contributed by atoms with Gasteiger partial charge in [-0.2, -0.15) is 0 Å². The summed E-state index contributed by atoms with van der Waals surface area (Å²) in [6.45, 7) is 7.85. The van der Waals surface area contributed by atoms with Gasteiger partial charge >= 0.3 is 0 Å². The fraction of sp³-hybridized carbons (Fsp3) is 0.818. The predicted octanol–water partition coefficient (Wildman–Crippen LogP) is 2.54. The molecule has 1 aliphatic heterocycles. The first-order valence-electron chi connectivity index (χ1n) is 11.7. The number of aromatic nitrogens is 3. The minimum Gasteiger partial charge on any atom is -0.356 e. The van der Waals surface area contributed by atoms with Gasteiger partial charge in [0, 0.05) is 51.6 Å². The van der Waals surface area contributed by atoms with Crippen LogP contribution in [-0.2, 0) is 17.8 Å². The zero-order chi connectivity index (χ0) is 22.2. The number of guanidine groups is 1. The average Bonchev–Trinajstić information content (AvgIpc) is 3.51. The number of aliphatic imine (C=N–C) groups is 1. The Morgan fingerprint density at radius 2 is 2.03 bits per heavy atom. The minimum absolute atomic E-state index is 0.264. The second-order valence-electron chi connectivity index (χ2n) is 9.11. The van der Waals surface area contributed by atoms with Crippen molar-refractivity contribution in [1.29, 1.82) is 0 Å². The third-order valence-electron chi connectivity index (χ3n) is 6.16. The molecule has 1 aromatic heterocycles. The molecule has 174 valence electrons. The normalized spacial score (nSPS) is 20.1. The molecule has 9 heteroatoms. The van der Waals surface area contributed by atoms with Gasteiger partial charge in [0.05, 0.1) is 0 Å². The van der Waals surface area contributed by atoms with Gasteiger partial charge in [0.2, 0.25) is 5.91 Å². The Morgan fingerprint density at radius 3 is 2.71 bits per heavy atom. The van der Waals surface area contributed by atoms with Crippen molar-refractivity contribution in [3.63, 3.8) is 0 Å². The van der Waals surface area contributed by atoms with Crippen LogP contribution >= 0.6 is 11.8 Å². The molecule has 2 fully saturated rings. The van der Waals surface area contributed by atoms with E-state index in [1.165, 1.54) is 12.8 Å². The first-order chi connectivity index (χ1) is 15.0. The molecule has 2 heterocycles. The Hall–Kier alpha value is -1.77. The number of hydrogen-bond donors (Lipinski definition) is 2. The molecule has 1 saturated heterocycles. The third kappa shape index (κ3) is 6.60. The summed E-state index contributed by atoms with van der Waals surface area (Å²) in [6, 6.07) is 0.273. The molecule has 31 heavy (non-hydrogen) atoms. The maximum Gasteiger partial charge on any atom is 0.225 e. The van der Waals surface area contributed by atoms with E-state index in [1.807, 2.05) is 11.2 Å². The van der Waals surface area contributed by atoms with E-state index < -0.39 is 0 Å². The van der Waals surface area contributed by atoms with Crippen LogP contribution in [0, 0.1) is 11.8 Å². The largest absolute Gasteiger partial charge is 0.356 e. The van der Waals surface area contributed by atoms with Crippen molar-refractivity contribution in [2.24, 2.45) is 16.8 Å². The first-order valence-corrected chi connectivity index (χ1v) is 13.0. The highest BCUT2D eigenvalue weighted by Crippen LogP contribution is 2.27. The second kappa shape index (κ2) is 11.7. The Kier molecular flexibility index (Phi) is 9.04. The molecule has 1 saturated carbocycles. The number of hydrogen-bond acceptors (Lipinski definition) is 5. The van der Waals surface area contributed by atoms with E-state index in [-0.39, 0.29) is 12.0 Å². The SMILES string of the molecule is CN=C(NCCCc1nnc(SC)n1CC(C)C)NC1CCN(C(=O)C2CCCC2)C1. The summed E-state index contributed by atoms with van der Waals surface area (Å²) in [5.41, 5.74) is 0. The van der Waals surface area contributed by atoms with Gasteiger partial charge in [-0.3, -0.25) is 9.79 Å². The summed E-state index contributed by atoms with van der Waals surface area (Å²) >= 11 is 1.65. The van der Waals surface area contributed by atoms with Crippen LogP contribution in [0.15, 0.2) is 10.1 Å². The number of amides is 1. The van der Waals surface area contributed by atoms with E-state index in [4.69, 9.17) is 0 Å². The highest BCUT2D eigenvalue weighted by Gasteiger charge is 2.32. The zero-order valence-corrected chi connectivity index (χ0v) is 20.4. The van der Waals surface area contributed by atoms with Crippen molar-refractivity contribution >= 4 is 23.6 Å². The molecule has 2 aliphatic rings. The summed E-state index contributed by atoms with van der Waals surface area (Å²) < 4.78 is 2.25. The molecule has 1 aromatic rings. The standard InChI is InChI=1S/C22H39N7OS/c1-16(2)14-29-19(26-27-22(29)31-4)10-7-12-24-21(23-3)25-18-11-13-28(15-18)20(30)17-8-5-6-9-17/h16-18H,5-15H2,1-4H3,(H2,23,24,25). The monoisotopic (exact) mass is 449 g/mol. The molecule has 0 aromatic carbocycles. The van der Waals surface area contributed by atoms with Crippen molar-refractivity contribution in [3.8, 4) is 0 Å². The Labute approximate surface area is 191 Å². The van der Waals surface area contributed by atoms with E-state index in [9.17, 15) is 4.79 Å². The fourth-order valence-electron chi connectivity index (χ4n) is 4.55. The minimum atomic E-state index is 0.264. The molecular weight excluding hydrogens is 410 g/mol. The van der Waals surface area contributed by atoms with Crippen LogP contribution in [-0.4, -0.2) is 70.5 Å². The van der Waals surface area contributed by atoms with E-state index in [0.29, 0.717) is 11.8 Å². The van der Waals surface area contributed by atoms with E-state index in [0.717, 1.165) is 75.2 Å². The summed E-state index contributed by atoms with van der Waals surface area (Å²) in [4.78, 5) is 19.1. The number of carbonyl (C=O) groups is 1. The van der Waals surface area contributed by atoms with Crippen molar-refractivity contribution in [3.05, 3.63) is 5.82 Å². The lowest BCUT2D eigenvalue weighted by atomic mass is 10.1. The molecule has 0 spiro atoms. The number of carbonyl (C=O) groups excluding carboxylic acids is 1. The maximum atomic E-state index is 12.6. The topological polar surface area (TPSA) is 87.4 Å². The summed E-state index contributed by atoms with van der Waals surface area (Å²) in [6.07, 6.45) is 9.42. The number of likely N-dealkylation sites (tertiary alicyclic amines) is 1. The van der Waals surface area contributed by atoms with Gasteiger partial charge in [-0.1, -0.05) is 38.5 Å². The van der Waals surface area contributed by atoms with Crippen LogP contribution in [0.4, 0.5) is 0 Å². The van der Waals surface area contributed by atoms with Crippen LogP contribution in [0.3, 0.4) is 0 Å².